The van der Waals surface area contributed by atoms with Gasteiger partial charge in [-0.2, -0.15) is 35.4 Å². The van der Waals surface area contributed by atoms with Gasteiger partial charge in [-0.3, -0.25) is 0 Å². The minimum atomic E-state index is 0. The zero-order valence-electron chi connectivity index (χ0n) is 3.53. The Hall–Kier alpha value is 0.660. The van der Waals surface area contributed by atoms with E-state index in [1.807, 2.05) is 0 Å². The Labute approximate surface area is 71.6 Å². The molecule has 0 rings (SSSR count). The molecule has 0 fully saturated rings. The topological polar surface area (TPSA) is 94.1 Å². The highest BCUT2D eigenvalue weighted by atomic mass is 32.1. The van der Waals surface area contributed by atoms with Crippen molar-refractivity contribution in [2.45, 2.75) is 0 Å². The van der Waals surface area contributed by atoms with Crippen LogP contribution in [0.15, 0.2) is 0 Å². The molecule has 0 aliphatic heterocycles. The Bertz CT molecular complexity index is 10.0. The summed E-state index contributed by atoms with van der Waals surface area (Å²) in [6.45, 7) is 0. The van der Waals surface area contributed by atoms with Gasteiger partial charge in [0.25, 0.3) is 0 Å². The molecule has 0 saturated heterocycles. The lowest BCUT2D eigenvalue weighted by molar-refractivity contribution is 0.702. The largest absolute Gasteiger partial charge is 0.870 e. The molecule has 8 heteroatoms. The van der Waals surface area contributed by atoms with Crippen molar-refractivity contribution in [3.63, 3.8) is 0 Å². The van der Waals surface area contributed by atoms with Crippen LogP contribution in [0.25, 0.3) is 0 Å². The van der Waals surface area contributed by atoms with E-state index in [1.165, 1.54) is 0 Å². The zero-order valence-corrected chi connectivity index (χ0v) is 7.16. The molecule has 2 N–H and O–H groups in total. The van der Waals surface area contributed by atoms with E-state index in [0.29, 0.717) is 0 Å². The van der Waals surface area contributed by atoms with Gasteiger partial charge in [0.15, 0.2) is 25.1 Å². The van der Waals surface area contributed by atoms with Gasteiger partial charge in [-0.15, -0.1) is 0 Å². The van der Waals surface area contributed by atoms with Crippen molar-refractivity contribution in [1.82, 2.24) is 0 Å². The Kier molecular flexibility index (Phi) is 7000. The fraction of sp³-hybridized carbons (Fsp3) is 0. The lowest BCUT2D eigenvalue weighted by atomic mass is 16.0. The number of hydrogen-bond donors (Lipinski definition) is 0. The van der Waals surface area contributed by atoms with Crippen LogP contribution in [0.3, 0.4) is 0 Å². The highest BCUT2D eigenvalue weighted by Gasteiger charge is 0.736. The van der Waals surface area contributed by atoms with E-state index in [4.69, 9.17) is 8.42 Å². The molecule has 8 heavy (non-hydrogen) atoms. The molecule has 0 aromatic rings. The molecular formula is H6O4S4-2. The van der Waals surface area contributed by atoms with Crippen LogP contribution in [-0.2, 0) is 25.1 Å². The van der Waals surface area contributed by atoms with Crippen LogP contribution in [0.4, 0.5) is 0 Å². The molecular weight excluding hydrogens is 192 g/mol. The molecule has 0 spiro atoms. The predicted molar refractivity (Wildman–Crippen MR) is 40.9 cm³/mol. The highest BCUT2D eigenvalue weighted by molar-refractivity contribution is 7.59. The first-order valence-corrected chi connectivity index (χ1v) is 1.00. The maximum atomic E-state index is 7.83. The normalized spacial score (nSPS) is 1.00. The van der Waals surface area contributed by atoms with Gasteiger partial charge in [-0.05, 0) is 0 Å². The monoisotopic (exact) mass is 198 g/mol. The Morgan fingerprint density at radius 2 is 0.625 bits per heavy atom. The van der Waals surface area contributed by atoms with Crippen molar-refractivity contribution in [2.24, 2.45) is 0 Å². The summed E-state index contributed by atoms with van der Waals surface area (Å²) in [5, 5.41) is 0. The maximum absolute atomic E-state index is 7.83. The highest BCUT2D eigenvalue weighted by Crippen LogP contribution is 0.649. The zero-order chi connectivity index (χ0) is 4.00. The van der Waals surface area contributed by atoms with E-state index in [1.54, 1.807) is 0 Å². The van der Waals surface area contributed by atoms with Crippen LogP contribution < -0.4 is 0 Å². The van der Waals surface area contributed by atoms with Crippen LogP contribution >= 0.6 is 27.0 Å². The molecule has 0 atom stereocenters. The van der Waals surface area contributed by atoms with Crippen LogP contribution in [0, 0.1) is 0 Å². The third-order valence-electron chi connectivity index (χ3n) is 0. The maximum Gasteiger partial charge on any atom is 0.197 e. The van der Waals surface area contributed by atoms with Crippen LogP contribution in [-0.4, -0.2) is 19.4 Å². The van der Waals surface area contributed by atoms with Crippen molar-refractivity contribution in [3.05, 3.63) is 0 Å². The summed E-state index contributed by atoms with van der Waals surface area (Å²) in [6, 6.07) is 0. The van der Waals surface area contributed by atoms with Gasteiger partial charge in [0, 0.05) is 0 Å². The van der Waals surface area contributed by atoms with E-state index in [-0.39, 0.29) is 37.9 Å². The van der Waals surface area contributed by atoms with Gasteiger partial charge < -0.3 is 11.0 Å². The first-order chi connectivity index (χ1) is 2.00. The van der Waals surface area contributed by atoms with Gasteiger partial charge in [0.2, 0.25) is 0 Å². The Morgan fingerprint density at radius 3 is 0.625 bits per heavy atom. The molecule has 4 nitrogen and oxygen atoms in total. The van der Waals surface area contributed by atoms with E-state index >= 15 is 0 Å². The average molecular weight is 198 g/mol. The first-order valence-electron chi connectivity index (χ1n) is 0.333. The summed E-state index contributed by atoms with van der Waals surface area (Å²) >= 11 is 5.67. The fourth-order valence-electron chi connectivity index (χ4n) is 0. The van der Waals surface area contributed by atoms with Gasteiger partial charge in [0.1, 0.15) is 0 Å². The van der Waals surface area contributed by atoms with E-state index < -0.39 is 0 Å². The van der Waals surface area contributed by atoms with Crippen molar-refractivity contribution in [3.8, 4) is 0 Å². The third kappa shape index (κ3) is 490. The standard InChI is InChI=1S/2OS.2H2O.2H2S/c2*1-2;;;;/h;;4*1H2/p-2. The second-order valence-electron chi connectivity index (χ2n) is 0. The summed E-state index contributed by atoms with van der Waals surface area (Å²) in [5.41, 5.74) is 0. The molecule has 0 saturated carbocycles. The Balaban J connectivity index is -0.00000000167. The Morgan fingerprint density at radius 1 is 0.625 bits per heavy atom. The lowest BCUT2D eigenvalue weighted by Gasteiger charge is -0.871. The molecule has 0 aromatic carbocycles. The van der Waals surface area contributed by atoms with Crippen LogP contribution in [0.5, 0.6) is 0 Å². The van der Waals surface area contributed by atoms with E-state index in [0.717, 1.165) is 0 Å². The van der Waals surface area contributed by atoms with Gasteiger partial charge in [-0.1, -0.05) is 0 Å². The average Bonchev–Trinajstić information content (AvgIpc) is 1.50. The summed E-state index contributed by atoms with van der Waals surface area (Å²) in [6.07, 6.45) is 0. The smallest absolute Gasteiger partial charge is 0.197 e. The quantitative estimate of drug-likeness (QED) is 0.506. The molecule has 0 unspecified atom stereocenters. The summed E-state index contributed by atoms with van der Waals surface area (Å²) in [4.78, 5) is 0. The van der Waals surface area contributed by atoms with Crippen molar-refractivity contribution >= 4 is 52.1 Å². The van der Waals surface area contributed by atoms with Gasteiger partial charge in [-0.25, -0.2) is 0 Å². The second-order valence-corrected chi connectivity index (χ2v) is 0. The third-order valence-corrected chi connectivity index (χ3v) is 0. The van der Waals surface area contributed by atoms with Gasteiger partial charge >= 0.3 is 0 Å². The second kappa shape index (κ2) is 780. The SMILES string of the molecule is O=S.O=S.S.S.[OH-].[OH-]. The molecule has 0 heterocycles. The molecule has 0 aromatic heterocycles. The van der Waals surface area contributed by atoms with E-state index in [2.05, 4.69) is 25.1 Å². The minimum Gasteiger partial charge on any atom is -0.870 e. The molecule has 56 valence electrons. The van der Waals surface area contributed by atoms with Crippen molar-refractivity contribution in [1.29, 1.82) is 0 Å². The number of rotatable bonds is 0. The molecule has 0 aliphatic rings. The molecule has 0 amide bonds. The summed E-state index contributed by atoms with van der Waals surface area (Å²) in [7, 11) is 0. The van der Waals surface area contributed by atoms with Crippen LogP contribution in [0.1, 0.15) is 0 Å². The molecule has 0 aliphatic carbocycles. The van der Waals surface area contributed by atoms with Crippen LogP contribution in [0.2, 0.25) is 0 Å². The minimum absolute atomic E-state index is 0. The summed E-state index contributed by atoms with van der Waals surface area (Å²) in [5.74, 6) is 0. The molecule has 0 radical (unpaired) electrons. The van der Waals surface area contributed by atoms with Crippen molar-refractivity contribution < 1.29 is 19.4 Å². The summed E-state index contributed by atoms with van der Waals surface area (Å²) < 4.78 is 15.7. The van der Waals surface area contributed by atoms with Gasteiger partial charge in [0.05, 0.1) is 0 Å². The number of hydrogen-bond acceptors (Lipinski definition) is 6. The lowest BCUT2D eigenvalue weighted by Crippen LogP contribution is -0.894. The predicted octanol–water partition coefficient (Wildman–Crippen LogP) is -0.801. The van der Waals surface area contributed by atoms with Crippen molar-refractivity contribution in [2.75, 3.05) is 0 Å². The molecule has 0 bridgehead atoms. The first kappa shape index (κ1) is 71.8. The van der Waals surface area contributed by atoms with E-state index in [9.17, 15) is 0 Å². The fourth-order valence-corrected chi connectivity index (χ4v) is 0.